The van der Waals surface area contributed by atoms with Crippen molar-refractivity contribution in [3.8, 4) is 6.07 Å². The quantitative estimate of drug-likeness (QED) is 0.630. The maximum Gasteiger partial charge on any atom is 0.263 e. The second-order valence-electron chi connectivity index (χ2n) is 2.49. The van der Waals surface area contributed by atoms with Crippen molar-refractivity contribution < 1.29 is 8.78 Å². The minimum absolute atomic E-state index is 0.0999. The number of halogens is 2. The Morgan fingerprint density at radius 1 is 1.42 bits per heavy atom. The van der Waals surface area contributed by atoms with Gasteiger partial charge in [0.2, 0.25) is 0 Å². The van der Waals surface area contributed by atoms with Gasteiger partial charge in [-0.2, -0.15) is 5.26 Å². The van der Waals surface area contributed by atoms with Gasteiger partial charge in [0.1, 0.15) is 0 Å². The Bertz CT molecular complexity index is 326. The molecule has 0 N–H and O–H groups in total. The molecule has 0 saturated heterocycles. The lowest BCUT2D eigenvalue weighted by molar-refractivity contribution is 0.151. The van der Waals surface area contributed by atoms with E-state index in [-0.39, 0.29) is 5.56 Å². The van der Waals surface area contributed by atoms with Crippen molar-refractivity contribution in [2.75, 3.05) is 0 Å². The fourth-order valence-electron chi connectivity index (χ4n) is 0.896. The molecule has 0 fully saturated rings. The van der Waals surface area contributed by atoms with Crippen LogP contribution in [0.25, 0.3) is 0 Å². The first-order valence-electron chi connectivity index (χ1n) is 3.44. The number of hydrogen-bond donors (Lipinski definition) is 0. The molecule has 0 aliphatic heterocycles. The summed E-state index contributed by atoms with van der Waals surface area (Å²) in [5, 5.41) is 8.53. The van der Waals surface area contributed by atoms with Crippen LogP contribution in [0.3, 0.4) is 0 Å². The molecule has 0 atom stereocenters. The van der Waals surface area contributed by atoms with Crippen LogP contribution in [0.1, 0.15) is 23.1 Å². The van der Waals surface area contributed by atoms with Gasteiger partial charge in [-0.3, -0.25) is 0 Å². The fourth-order valence-corrected chi connectivity index (χ4v) is 0.896. The van der Waals surface area contributed by atoms with E-state index in [0.29, 0.717) is 5.56 Å². The average Bonchev–Trinajstić information content (AvgIpc) is 2.05. The van der Waals surface area contributed by atoms with Gasteiger partial charge in [0.05, 0.1) is 11.6 Å². The fraction of sp³-hybridized carbons (Fsp3) is 0.222. The first-order chi connectivity index (χ1) is 5.65. The van der Waals surface area contributed by atoms with E-state index in [1.807, 2.05) is 6.07 Å². The molecule has 0 bridgehead atoms. The molecule has 0 unspecified atom stereocenters. The molecular formula is C9H7F2N. The summed E-state index contributed by atoms with van der Waals surface area (Å²) in [6.07, 6.45) is -2.50. The van der Waals surface area contributed by atoms with Gasteiger partial charge in [0.25, 0.3) is 6.43 Å². The Morgan fingerprint density at radius 3 is 2.58 bits per heavy atom. The van der Waals surface area contributed by atoms with Crippen LogP contribution in [0, 0.1) is 18.3 Å². The van der Waals surface area contributed by atoms with E-state index >= 15 is 0 Å². The maximum absolute atomic E-state index is 12.1. The highest BCUT2D eigenvalue weighted by Crippen LogP contribution is 2.20. The Labute approximate surface area is 69.2 Å². The van der Waals surface area contributed by atoms with E-state index in [1.54, 1.807) is 6.92 Å². The zero-order valence-corrected chi connectivity index (χ0v) is 6.51. The molecular weight excluding hydrogens is 160 g/mol. The summed E-state index contributed by atoms with van der Waals surface area (Å²) < 4.78 is 24.2. The van der Waals surface area contributed by atoms with Crippen LogP contribution < -0.4 is 0 Å². The van der Waals surface area contributed by atoms with Crippen molar-refractivity contribution in [3.05, 3.63) is 34.9 Å². The summed E-state index contributed by atoms with van der Waals surface area (Å²) >= 11 is 0. The van der Waals surface area contributed by atoms with Gasteiger partial charge in [-0.15, -0.1) is 0 Å². The monoisotopic (exact) mass is 167 g/mol. The number of rotatable bonds is 1. The van der Waals surface area contributed by atoms with Crippen LogP contribution in [0.4, 0.5) is 8.78 Å². The van der Waals surface area contributed by atoms with E-state index in [0.717, 1.165) is 5.56 Å². The minimum atomic E-state index is -2.50. The second-order valence-corrected chi connectivity index (χ2v) is 2.49. The summed E-state index contributed by atoms with van der Waals surface area (Å²) in [5.74, 6) is 0. The number of hydrogen-bond acceptors (Lipinski definition) is 1. The topological polar surface area (TPSA) is 23.8 Å². The number of nitriles is 1. The lowest BCUT2D eigenvalue weighted by Gasteiger charge is -2.01. The summed E-state index contributed by atoms with van der Waals surface area (Å²) in [7, 11) is 0. The van der Waals surface area contributed by atoms with E-state index in [1.165, 1.54) is 18.2 Å². The zero-order valence-electron chi connectivity index (χ0n) is 6.51. The van der Waals surface area contributed by atoms with Gasteiger partial charge in [0, 0.05) is 5.56 Å². The molecule has 0 spiro atoms. The van der Waals surface area contributed by atoms with Crippen LogP contribution in [0.15, 0.2) is 18.2 Å². The van der Waals surface area contributed by atoms with Crippen molar-refractivity contribution in [2.45, 2.75) is 13.3 Å². The molecule has 0 aliphatic rings. The van der Waals surface area contributed by atoms with Gasteiger partial charge >= 0.3 is 0 Å². The summed E-state index contributed by atoms with van der Waals surface area (Å²) in [5.41, 5.74) is 0.937. The third-order valence-corrected chi connectivity index (χ3v) is 1.63. The van der Waals surface area contributed by atoms with Gasteiger partial charge in [0.15, 0.2) is 0 Å². The molecule has 0 aliphatic carbocycles. The standard InChI is InChI=1S/C9H7F2N/c1-6-2-3-7(9(10)11)4-8(6)5-12/h2-4,9H,1H3. The van der Waals surface area contributed by atoms with Crippen molar-refractivity contribution in [3.63, 3.8) is 0 Å². The third kappa shape index (κ3) is 1.59. The molecule has 1 nitrogen and oxygen atoms in total. The zero-order chi connectivity index (χ0) is 9.14. The average molecular weight is 167 g/mol. The van der Waals surface area contributed by atoms with Gasteiger partial charge in [-0.1, -0.05) is 12.1 Å². The molecule has 0 heterocycles. The highest BCUT2D eigenvalue weighted by Gasteiger charge is 2.08. The highest BCUT2D eigenvalue weighted by atomic mass is 19.3. The van der Waals surface area contributed by atoms with Crippen molar-refractivity contribution >= 4 is 0 Å². The molecule has 1 aromatic rings. The van der Waals surface area contributed by atoms with E-state index in [9.17, 15) is 8.78 Å². The number of alkyl halides is 2. The first kappa shape index (κ1) is 8.66. The van der Waals surface area contributed by atoms with Crippen molar-refractivity contribution in [1.82, 2.24) is 0 Å². The summed E-state index contributed by atoms with van der Waals surface area (Å²) in [6.45, 7) is 1.72. The normalized spacial score (nSPS) is 9.92. The predicted octanol–water partition coefficient (Wildman–Crippen LogP) is 2.80. The number of aryl methyl sites for hydroxylation is 1. The SMILES string of the molecule is Cc1ccc(C(F)F)cc1C#N. The van der Waals surface area contributed by atoms with Crippen LogP contribution in [0.2, 0.25) is 0 Å². The Balaban J connectivity index is 3.16. The highest BCUT2D eigenvalue weighted by molar-refractivity contribution is 5.40. The lowest BCUT2D eigenvalue weighted by atomic mass is 10.1. The Morgan fingerprint density at radius 2 is 2.08 bits per heavy atom. The third-order valence-electron chi connectivity index (χ3n) is 1.63. The lowest BCUT2D eigenvalue weighted by Crippen LogP contribution is -1.88. The van der Waals surface area contributed by atoms with Crippen molar-refractivity contribution in [2.24, 2.45) is 0 Å². The largest absolute Gasteiger partial charge is 0.263 e. The van der Waals surface area contributed by atoms with Gasteiger partial charge in [-0.05, 0) is 18.6 Å². The predicted molar refractivity (Wildman–Crippen MR) is 40.9 cm³/mol. The molecule has 0 radical (unpaired) electrons. The van der Waals surface area contributed by atoms with Crippen LogP contribution in [-0.4, -0.2) is 0 Å². The molecule has 0 aromatic heterocycles. The van der Waals surface area contributed by atoms with Crippen LogP contribution in [-0.2, 0) is 0 Å². The smallest absolute Gasteiger partial charge is 0.205 e. The summed E-state index contributed by atoms with van der Waals surface area (Å²) in [4.78, 5) is 0. The minimum Gasteiger partial charge on any atom is -0.205 e. The molecule has 1 rings (SSSR count). The molecule has 12 heavy (non-hydrogen) atoms. The van der Waals surface area contributed by atoms with Crippen LogP contribution >= 0.6 is 0 Å². The second kappa shape index (κ2) is 3.31. The number of nitrogens with zero attached hydrogens (tertiary/aromatic N) is 1. The van der Waals surface area contributed by atoms with E-state index in [2.05, 4.69) is 0 Å². The van der Waals surface area contributed by atoms with Gasteiger partial charge < -0.3 is 0 Å². The van der Waals surface area contributed by atoms with E-state index in [4.69, 9.17) is 5.26 Å². The number of benzene rings is 1. The molecule has 62 valence electrons. The molecule has 3 heteroatoms. The molecule has 1 aromatic carbocycles. The molecule has 0 saturated carbocycles. The van der Waals surface area contributed by atoms with Crippen LogP contribution in [0.5, 0.6) is 0 Å². The first-order valence-corrected chi connectivity index (χ1v) is 3.44. The van der Waals surface area contributed by atoms with E-state index < -0.39 is 6.43 Å². The van der Waals surface area contributed by atoms with Gasteiger partial charge in [-0.25, -0.2) is 8.78 Å². The van der Waals surface area contributed by atoms with Crippen molar-refractivity contribution in [1.29, 1.82) is 5.26 Å². The molecule has 0 amide bonds. The summed E-state index contributed by atoms with van der Waals surface area (Å²) in [6, 6.07) is 5.94. The Kier molecular flexibility index (Phi) is 2.39. The maximum atomic E-state index is 12.1. The Hall–Kier alpha value is -1.43.